The molecule has 1 aromatic heterocycles. The molecule has 0 bridgehead atoms. The van der Waals surface area contributed by atoms with Crippen molar-refractivity contribution < 1.29 is 14.6 Å². The Bertz CT molecular complexity index is 482. The van der Waals surface area contributed by atoms with Crippen LogP contribution in [-0.2, 0) is 22.6 Å². The van der Waals surface area contributed by atoms with Crippen molar-refractivity contribution in [2.24, 2.45) is 0 Å². The van der Waals surface area contributed by atoms with E-state index >= 15 is 0 Å². The zero-order valence-electron chi connectivity index (χ0n) is 9.74. The minimum Gasteiger partial charge on any atom is -0.459 e. The highest BCUT2D eigenvalue weighted by Crippen LogP contribution is 2.04. The fourth-order valence-electron chi connectivity index (χ4n) is 1.50. The van der Waals surface area contributed by atoms with Gasteiger partial charge in [0.05, 0.1) is 0 Å². The minimum atomic E-state index is -1.19. The van der Waals surface area contributed by atoms with E-state index in [-0.39, 0.29) is 13.0 Å². The van der Waals surface area contributed by atoms with Crippen molar-refractivity contribution in [2.75, 3.05) is 0 Å². The first kappa shape index (κ1) is 12.3. The maximum Gasteiger partial charge on any atom is 0.335 e. The van der Waals surface area contributed by atoms with Crippen molar-refractivity contribution in [1.82, 2.24) is 9.97 Å². The monoisotopic (exact) mass is 246 g/mol. The molecule has 0 radical (unpaired) electrons. The average Bonchev–Trinajstić information content (AvgIpc) is 2.90. The fourth-order valence-corrected chi connectivity index (χ4v) is 1.50. The predicted molar refractivity (Wildman–Crippen MR) is 64.5 cm³/mol. The van der Waals surface area contributed by atoms with Crippen LogP contribution in [0.2, 0.25) is 0 Å². The molecule has 5 nitrogen and oxygen atoms in total. The molecule has 0 fully saturated rings. The number of aliphatic hydroxyl groups excluding tert-OH is 1. The van der Waals surface area contributed by atoms with Crippen LogP contribution in [0.5, 0.6) is 0 Å². The summed E-state index contributed by atoms with van der Waals surface area (Å²) in [6.07, 6.45) is 2.13. The zero-order valence-corrected chi connectivity index (χ0v) is 9.74. The van der Waals surface area contributed by atoms with E-state index in [4.69, 9.17) is 4.74 Å². The molecule has 0 aliphatic carbocycles. The molecular formula is C13H14N2O3. The Morgan fingerprint density at radius 3 is 2.83 bits per heavy atom. The van der Waals surface area contributed by atoms with Crippen LogP contribution in [0.25, 0.3) is 0 Å². The quantitative estimate of drug-likeness (QED) is 0.773. The summed E-state index contributed by atoms with van der Waals surface area (Å²) in [5.41, 5.74) is 0.885. The second kappa shape index (κ2) is 5.97. The molecule has 0 saturated heterocycles. The number of ether oxygens (including phenoxy) is 1. The number of hydrogen-bond acceptors (Lipinski definition) is 4. The Balaban J connectivity index is 1.81. The molecule has 1 atom stereocenters. The summed E-state index contributed by atoms with van der Waals surface area (Å²) in [4.78, 5) is 18.3. The van der Waals surface area contributed by atoms with Crippen LogP contribution in [0, 0.1) is 0 Å². The van der Waals surface area contributed by atoms with Crippen LogP contribution in [-0.4, -0.2) is 27.1 Å². The number of aromatic nitrogens is 2. The lowest BCUT2D eigenvalue weighted by molar-refractivity contribution is -0.154. The number of nitrogens with one attached hydrogen (secondary N) is 1. The van der Waals surface area contributed by atoms with E-state index in [0.29, 0.717) is 5.82 Å². The number of aromatic amines is 1. The van der Waals surface area contributed by atoms with Gasteiger partial charge in [0.1, 0.15) is 12.4 Å². The van der Waals surface area contributed by atoms with Gasteiger partial charge in [-0.25, -0.2) is 9.78 Å². The van der Waals surface area contributed by atoms with E-state index in [9.17, 15) is 9.90 Å². The molecule has 0 aliphatic rings. The topological polar surface area (TPSA) is 75.2 Å². The lowest BCUT2D eigenvalue weighted by atomic mass is 10.2. The number of rotatable bonds is 5. The summed E-state index contributed by atoms with van der Waals surface area (Å²) in [7, 11) is 0. The third-order valence-corrected chi connectivity index (χ3v) is 2.44. The van der Waals surface area contributed by atoms with E-state index in [0.717, 1.165) is 5.56 Å². The van der Waals surface area contributed by atoms with E-state index in [1.54, 1.807) is 12.4 Å². The Hall–Kier alpha value is -2.14. The normalized spacial score (nSPS) is 12.1. The Labute approximate surface area is 104 Å². The SMILES string of the molecule is O=C(OCc1ccccc1)[C@@H](O)Cc1ncc[nH]1. The lowest BCUT2D eigenvalue weighted by Gasteiger charge is -2.09. The zero-order chi connectivity index (χ0) is 12.8. The van der Waals surface area contributed by atoms with Gasteiger partial charge in [0.25, 0.3) is 0 Å². The number of carbonyl (C=O) groups excluding carboxylic acids is 1. The number of nitrogens with zero attached hydrogens (tertiary/aromatic N) is 1. The second-order valence-electron chi connectivity index (χ2n) is 3.85. The predicted octanol–water partition coefficient (Wildman–Crippen LogP) is 1.06. The van der Waals surface area contributed by atoms with E-state index in [2.05, 4.69) is 9.97 Å². The summed E-state index contributed by atoms with van der Waals surface area (Å²) >= 11 is 0. The fraction of sp³-hybridized carbons (Fsp3) is 0.231. The summed E-state index contributed by atoms with van der Waals surface area (Å²) in [6.45, 7) is 0.162. The van der Waals surface area contributed by atoms with Gasteiger partial charge in [0.2, 0.25) is 0 Å². The first-order chi connectivity index (χ1) is 8.75. The highest BCUT2D eigenvalue weighted by atomic mass is 16.5. The van der Waals surface area contributed by atoms with Crippen LogP contribution in [0.4, 0.5) is 0 Å². The van der Waals surface area contributed by atoms with Gasteiger partial charge in [-0.2, -0.15) is 0 Å². The number of hydrogen-bond donors (Lipinski definition) is 2. The van der Waals surface area contributed by atoms with E-state index in [1.807, 2.05) is 30.3 Å². The molecule has 18 heavy (non-hydrogen) atoms. The van der Waals surface area contributed by atoms with Gasteiger partial charge in [-0.15, -0.1) is 0 Å². The van der Waals surface area contributed by atoms with Crippen molar-refractivity contribution in [3.63, 3.8) is 0 Å². The Morgan fingerprint density at radius 1 is 1.39 bits per heavy atom. The van der Waals surface area contributed by atoms with Crippen LogP contribution in [0.15, 0.2) is 42.7 Å². The van der Waals surface area contributed by atoms with Crippen LogP contribution >= 0.6 is 0 Å². The van der Waals surface area contributed by atoms with Gasteiger partial charge in [0, 0.05) is 18.8 Å². The molecule has 0 saturated carbocycles. The molecule has 5 heteroatoms. The number of imidazole rings is 1. The molecule has 1 heterocycles. The standard InChI is InChI=1S/C13H14N2O3/c16-11(8-12-14-6-7-15-12)13(17)18-9-10-4-2-1-3-5-10/h1-7,11,16H,8-9H2,(H,14,15)/t11-/m0/s1. The minimum absolute atomic E-state index is 0.126. The number of benzene rings is 1. The Morgan fingerprint density at radius 2 is 2.17 bits per heavy atom. The summed E-state index contributed by atoms with van der Waals surface area (Å²) in [5, 5.41) is 9.63. The molecule has 94 valence electrons. The largest absolute Gasteiger partial charge is 0.459 e. The summed E-state index contributed by atoms with van der Waals surface area (Å²) < 4.78 is 5.01. The molecule has 0 unspecified atom stereocenters. The summed E-state index contributed by atoms with van der Waals surface area (Å²) in [6, 6.07) is 9.32. The second-order valence-corrected chi connectivity index (χ2v) is 3.85. The molecule has 0 aliphatic heterocycles. The lowest BCUT2D eigenvalue weighted by Crippen LogP contribution is -2.25. The first-order valence-electron chi connectivity index (χ1n) is 5.62. The van der Waals surface area contributed by atoms with Crippen molar-refractivity contribution in [3.8, 4) is 0 Å². The van der Waals surface area contributed by atoms with Gasteiger partial charge < -0.3 is 14.8 Å². The third-order valence-electron chi connectivity index (χ3n) is 2.44. The van der Waals surface area contributed by atoms with Crippen molar-refractivity contribution in [3.05, 3.63) is 54.1 Å². The van der Waals surface area contributed by atoms with E-state index in [1.165, 1.54) is 0 Å². The van der Waals surface area contributed by atoms with Gasteiger partial charge in [-0.1, -0.05) is 30.3 Å². The van der Waals surface area contributed by atoms with Crippen LogP contribution < -0.4 is 0 Å². The highest BCUT2D eigenvalue weighted by molar-refractivity contribution is 5.74. The van der Waals surface area contributed by atoms with Crippen molar-refractivity contribution >= 4 is 5.97 Å². The average molecular weight is 246 g/mol. The smallest absolute Gasteiger partial charge is 0.335 e. The van der Waals surface area contributed by atoms with E-state index < -0.39 is 12.1 Å². The molecule has 0 spiro atoms. The van der Waals surface area contributed by atoms with Gasteiger partial charge in [-0.05, 0) is 5.56 Å². The molecule has 0 amide bonds. The number of aliphatic hydroxyl groups is 1. The molecular weight excluding hydrogens is 232 g/mol. The molecule has 2 N–H and O–H groups in total. The molecule has 2 rings (SSSR count). The highest BCUT2D eigenvalue weighted by Gasteiger charge is 2.18. The number of esters is 1. The van der Waals surface area contributed by atoms with Gasteiger partial charge in [0.15, 0.2) is 6.10 Å². The molecule has 1 aromatic carbocycles. The number of carbonyl (C=O) groups is 1. The number of H-pyrrole nitrogens is 1. The first-order valence-corrected chi connectivity index (χ1v) is 5.62. The Kier molecular flexibility index (Phi) is 4.09. The van der Waals surface area contributed by atoms with Gasteiger partial charge >= 0.3 is 5.97 Å². The maximum atomic E-state index is 11.5. The summed E-state index contributed by atoms with van der Waals surface area (Å²) in [5.74, 6) is -0.0885. The maximum absolute atomic E-state index is 11.5. The molecule has 2 aromatic rings. The third kappa shape index (κ3) is 3.43. The van der Waals surface area contributed by atoms with Gasteiger partial charge in [-0.3, -0.25) is 0 Å². The van der Waals surface area contributed by atoms with Crippen LogP contribution in [0.3, 0.4) is 0 Å². The van der Waals surface area contributed by atoms with Crippen molar-refractivity contribution in [1.29, 1.82) is 0 Å². The van der Waals surface area contributed by atoms with Crippen molar-refractivity contribution in [2.45, 2.75) is 19.1 Å². The van der Waals surface area contributed by atoms with Crippen LogP contribution in [0.1, 0.15) is 11.4 Å².